The maximum absolute atomic E-state index is 13.3. The fourth-order valence-corrected chi connectivity index (χ4v) is 1.83. The molecule has 0 spiro atoms. The molecule has 0 aliphatic heterocycles. The minimum absolute atomic E-state index is 0.123. The Morgan fingerprint density at radius 2 is 2.06 bits per heavy atom. The standard InChI is InChI=1S/C11H6BrClFNO/c12-8-5-7(13)6-15-11(8)16-10-4-2-1-3-9(10)14/h1-6H. The van der Waals surface area contributed by atoms with Gasteiger partial charge in [0.25, 0.3) is 0 Å². The van der Waals surface area contributed by atoms with Crippen LogP contribution in [0, 0.1) is 5.82 Å². The molecule has 0 bridgehead atoms. The summed E-state index contributed by atoms with van der Waals surface area (Å²) in [6.45, 7) is 0. The molecule has 1 aromatic carbocycles. The lowest BCUT2D eigenvalue weighted by Gasteiger charge is -2.07. The zero-order valence-electron chi connectivity index (χ0n) is 7.95. The number of hydrogen-bond donors (Lipinski definition) is 0. The van der Waals surface area contributed by atoms with Crippen molar-refractivity contribution in [1.82, 2.24) is 4.98 Å². The molecule has 0 saturated heterocycles. The Morgan fingerprint density at radius 1 is 1.31 bits per heavy atom. The van der Waals surface area contributed by atoms with Crippen LogP contribution in [0.15, 0.2) is 41.0 Å². The zero-order valence-corrected chi connectivity index (χ0v) is 10.3. The summed E-state index contributed by atoms with van der Waals surface area (Å²) < 4.78 is 19.2. The van der Waals surface area contributed by atoms with E-state index in [1.807, 2.05) is 0 Å². The summed E-state index contributed by atoms with van der Waals surface area (Å²) in [6.07, 6.45) is 1.43. The van der Waals surface area contributed by atoms with Gasteiger partial charge in [-0.15, -0.1) is 0 Å². The lowest BCUT2D eigenvalue weighted by Crippen LogP contribution is -1.91. The highest BCUT2D eigenvalue weighted by Gasteiger charge is 2.08. The second kappa shape index (κ2) is 4.80. The SMILES string of the molecule is Fc1ccccc1Oc1ncc(Cl)cc1Br. The van der Waals surface area contributed by atoms with E-state index in [-0.39, 0.29) is 11.6 Å². The van der Waals surface area contributed by atoms with Gasteiger partial charge in [0.15, 0.2) is 11.6 Å². The summed E-state index contributed by atoms with van der Waals surface area (Å²) in [5, 5.41) is 0.479. The minimum atomic E-state index is -0.439. The largest absolute Gasteiger partial charge is 0.435 e. The zero-order chi connectivity index (χ0) is 11.5. The molecule has 82 valence electrons. The predicted octanol–water partition coefficient (Wildman–Crippen LogP) is 4.43. The smallest absolute Gasteiger partial charge is 0.233 e. The summed E-state index contributed by atoms with van der Waals surface area (Å²) in [4.78, 5) is 3.95. The van der Waals surface area contributed by atoms with Crippen LogP contribution < -0.4 is 4.74 Å². The van der Waals surface area contributed by atoms with Crippen molar-refractivity contribution >= 4 is 27.5 Å². The maximum Gasteiger partial charge on any atom is 0.233 e. The average molecular weight is 303 g/mol. The molecule has 0 aliphatic carbocycles. The van der Waals surface area contributed by atoms with Gasteiger partial charge in [-0.05, 0) is 34.1 Å². The van der Waals surface area contributed by atoms with Crippen molar-refractivity contribution in [2.75, 3.05) is 0 Å². The van der Waals surface area contributed by atoms with Gasteiger partial charge >= 0.3 is 0 Å². The van der Waals surface area contributed by atoms with Crippen molar-refractivity contribution in [2.24, 2.45) is 0 Å². The van der Waals surface area contributed by atoms with Crippen LogP contribution in [0.25, 0.3) is 0 Å². The molecule has 0 radical (unpaired) electrons. The first-order valence-corrected chi connectivity index (χ1v) is 5.57. The Balaban J connectivity index is 2.31. The van der Waals surface area contributed by atoms with Gasteiger partial charge in [-0.1, -0.05) is 23.7 Å². The molecule has 0 saturated carbocycles. The van der Waals surface area contributed by atoms with Gasteiger partial charge in [-0.25, -0.2) is 9.37 Å². The lowest BCUT2D eigenvalue weighted by atomic mass is 10.3. The lowest BCUT2D eigenvalue weighted by molar-refractivity contribution is 0.425. The highest BCUT2D eigenvalue weighted by Crippen LogP contribution is 2.30. The molecule has 16 heavy (non-hydrogen) atoms. The number of hydrogen-bond acceptors (Lipinski definition) is 2. The summed E-state index contributed by atoms with van der Waals surface area (Å²) in [5.74, 6) is -0.0429. The van der Waals surface area contributed by atoms with Gasteiger partial charge in [-0.2, -0.15) is 0 Å². The Labute approximate surface area is 105 Å². The van der Waals surface area contributed by atoms with Crippen LogP contribution in [0.1, 0.15) is 0 Å². The van der Waals surface area contributed by atoms with E-state index in [1.54, 1.807) is 18.2 Å². The highest BCUT2D eigenvalue weighted by molar-refractivity contribution is 9.10. The van der Waals surface area contributed by atoms with Crippen molar-refractivity contribution in [3.05, 3.63) is 51.8 Å². The molecule has 0 unspecified atom stereocenters. The van der Waals surface area contributed by atoms with Gasteiger partial charge in [0.05, 0.1) is 9.50 Å². The quantitative estimate of drug-likeness (QED) is 0.819. The topological polar surface area (TPSA) is 22.1 Å². The first-order chi connectivity index (χ1) is 7.66. The number of halogens is 3. The van der Waals surface area contributed by atoms with E-state index in [2.05, 4.69) is 20.9 Å². The molecule has 1 aromatic heterocycles. The fourth-order valence-electron chi connectivity index (χ4n) is 1.11. The van der Waals surface area contributed by atoms with Crippen LogP contribution in [0.5, 0.6) is 11.6 Å². The number of ether oxygens (including phenoxy) is 1. The van der Waals surface area contributed by atoms with Crippen LogP contribution in [0.4, 0.5) is 4.39 Å². The van der Waals surface area contributed by atoms with Gasteiger partial charge in [-0.3, -0.25) is 0 Å². The van der Waals surface area contributed by atoms with E-state index < -0.39 is 5.82 Å². The number of para-hydroxylation sites is 1. The molecule has 0 fully saturated rings. The predicted molar refractivity (Wildman–Crippen MR) is 63.4 cm³/mol. The first-order valence-electron chi connectivity index (χ1n) is 4.40. The van der Waals surface area contributed by atoms with Gasteiger partial charge in [0, 0.05) is 6.20 Å². The van der Waals surface area contributed by atoms with Gasteiger partial charge in [0.2, 0.25) is 5.88 Å². The van der Waals surface area contributed by atoms with Crippen molar-refractivity contribution < 1.29 is 9.13 Å². The third-order valence-corrected chi connectivity index (χ3v) is 2.59. The number of rotatable bonds is 2. The number of aromatic nitrogens is 1. The highest BCUT2D eigenvalue weighted by atomic mass is 79.9. The van der Waals surface area contributed by atoms with E-state index in [1.165, 1.54) is 18.3 Å². The average Bonchev–Trinajstić information content (AvgIpc) is 2.25. The van der Waals surface area contributed by atoms with Crippen molar-refractivity contribution in [2.45, 2.75) is 0 Å². The van der Waals surface area contributed by atoms with E-state index in [0.29, 0.717) is 9.50 Å². The molecule has 2 rings (SSSR count). The van der Waals surface area contributed by atoms with Crippen LogP contribution in [0.3, 0.4) is 0 Å². The number of pyridine rings is 1. The fraction of sp³-hybridized carbons (Fsp3) is 0. The molecule has 0 aliphatic rings. The number of benzene rings is 1. The van der Waals surface area contributed by atoms with E-state index >= 15 is 0 Å². The van der Waals surface area contributed by atoms with Crippen molar-refractivity contribution in [3.8, 4) is 11.6 Å². The Kier molecular flexibility index (Phi) is 3.41. The molecule has 0 N–H and O–H groups in total. The van der Waals surface area contributed by atoms with Crippen molar-refractivity contribution in [1.29, 1.82) is 0 Å². The second-order valence-electron chi connectivity index (χ2n) is 2.97. The van der Waals surface area contributed by atoms with Crippen molar-refractivity contribution in [3.63, 3.8) is 0 Å². The Bertz CT molecular complexity index is 521. The molecular formula is C11H6BrClFNO. The van der Waals surface area contributed by atoms with E-state index in [4.69, 9.17) is 16.3 Å². The minimum Gasteiger partial charge on any atom is -0.435 e. The molecule has 5 heteroatoms. The van der Waals surface area contributed by atoms with E-state index in [9.17, 15) is 4.39 Å². The van der Waals surface area contributed by atoms with Gasteiger partial charge < -0.3 is 4.74 Å². The van der Waals surface area contributed by atoms with Gasteiger partial charge in [0.1, 0.15) is 0 Å². The third kappa shape index (κ3) is 2.51. The summed E-state index contributed by atoms with van der Waals surface area (Å²) in [5.41, 5.74) is 0. The maximum atomic E-state index is 13.3. The monoisotopic (exact) mass is 301 g/mol. The summed E-state index contributed by atoms with van der Waals surface area (Å²) in [7, 11) is 0. The molecule has 0 atom stereocenters. The summed E-state index contributed by atoms with van der Waals surface area (Å²) >= 11 is 8.96. The molecular weight excluding hydrogens is 296 g/mol. The second-order valence-corrected chi connectivity index (χ2v) is 4.26. The first kappa shape index (κ1) is 11.4. The molecule has 1 heterocycles. The summed E-state index contributed by atoms with van der Waals surface area (Å²) in [6, 6.07) is 7.75. The normalized spacial score (nSPS) is 10.2. The van der Waals surface area contributed by atoms with Crippen LogP contribution in [0.2, 0.25) is 5.02 Å². The van der Waals surface area contributed by atoms with Crippen LogP contribution >= 0.6 is 27.5 Å². The van der Waals surface area contributed by atoms with Crippen LogP contribution in [-0.2, 0) is 0 Å². The third-order valence-electron chi connectivity index (χ3n) is 1.82. The van der Waals surface area contributed by atoms with Crippen LogP contribution in [-0.4, -0.2) is 4.98 Å². The number of nitrogens with zero attached hydrogens (tertiary/aromatic N) is 1. The molecule has 2 aromatic rings. The molecule has 0 amide bonds. The van der Waals surface area contributed by atoms with E-state index in [0.717, 1.165) is 0 Å². The molecule has 2 nitrogen and oxygen atoms in total. The Hall–Kier alpha value is -1.13. The Morgan fingerprint density at radius 3 is 2.75 bits per heavy atom.